The minimum atomic E-state index is -0.692. The van der Waals surface area contributed by atoms with E-state index in [1.807, 2.05) is 0 Å². The van der Waals surface area contributed by atoms with Crippen LogP contribution in [-0.2, 0) is 11.2 Å². The van der Waals surface area contributed by atoms with E-state index in [1.54, 1.807) is 11.3 Å². The highest BCUT2D eigenvalue weighted by atomic mass is 32.1. The first kappa shape index (κ1) is 10.3. The molecule has 0 unspecified atom stereocenters. The second kappa shape index (κ2) is 5.02. The molecule has 2 nitrogen and oxygen atoms in total. The van der Waals surface area contributed by atoms with E-state index in [4.69, 9.17) is 5.11 Å². The molecule has 1 N–H and O–H groups in total. The van der Waals surface area contributed by atoms with E-state index in [2.05, 4.69) is 18.4 Å². The zero-order chi connectivity index (χ0) is 9.68. The molecule has 0 atom stereocenters. The number of carboxylic acids is 1. The van der Waals surface area contributed by atoms with Crippen molar-refractivity contribution >= 4 is 17.3 Å². The Morgan fingerprint density at radius 1 is 1.54 bits per heavy atom. The van der Waals surface area contributed by atoms with Crippen molar-refractivity contribution in [3.63, 3.8) is 0 Å². The molecule has 1 heterocycles. The SMILES string of the molecule is Cc1ccsc1CCCCC(=O)O. The maximum atomic E-state index is 10.2. The molecule has 0 aromatic carbocycles. The third-order valence-electron chi connectivity index (χ3n) is 2.01. The van der Waals surface area contributed by atoms with Gasteiger partial charge in [-0.05, 0) is 43.2 Å². The van der Waals surface area contributed by atoms with Crippen LogP contribution in [0.3, 0.4) is 0 Å². The zero-order valence-corrected chi connectivity index (χ0v) is 8.56. The van der Waals surface area contributed by atoms with Gasteiger partial charge in [-0.2, -0.15) is 0 Å². The molecule has 0 bridgehead atoms. The van der Waals surface area contributed by atoms with Crippen LogP contribution in [0.25, 0.3) is 0 Å². The molecular weight excluding hydrogens is 184 g/mol. The Balaban J connectivity index is 2.20. The summed E-state index contributed by atoms with van der Waals surface area (Å²) in [5, 5.41) is 10.5. The summed E-state index contributed by atoms with van der Waals surface area (Å²) in [7, 11) is 0. The number of unbranched alkanes of at least 4 members (excludes halogenated alkanes) is 1. The third kappa shape index (κ3) is 3.59. The summed E-state index contributed by atoms with van der Waals surface area (Å²) in [5.41, 5.74) is 1.33. The molecule has 0 fully saturated rings. The van der Waals surface area contributed by atoms with Gasteiger partial charge in [0.05, 0.1) is 0 Å². The Bertz CT molecular complexity index is 278. The lowest BCUT2D eigenvalue weighted by atomic mass is 10.1. The molecular formula is C10H14O2S. The summed E-state index contributed by atoms with van der Waals surface area (Å²) in [5.74, 6) is -0.692. The van der Waals surface area contributed by atoms with E-state index in [1.165, 1.54) is 10.4 Å². The van der Waals surface area contributed by atoms with Crippen molar-refractivity contribution in [1.29, 1.82) is 0 Å². The molecule has 0 aliphatic carbocycles. The Kier molecular flexibility index (Phi) is 3.96. The van der Waals surface area contributed by atoms with Crippen molar-refractivity contribution in [2.24, 2.45) is 0 Å². The number of carboxylic acid groups (broad SMARTS) is 1. The summed E-state index contributed by atoms with van der Waals surface area (Å²) in [6.45, 7) is 2.10. The maximum Gasteiger partial charge on any atom is 0.303 e. The number of thiophene rings is 1. The van der Waals surface area contributed by atoms with Crippen LogP contribution in [0.1, 0.15) is 29.7 Å². The van der Waals surface area contributed by atoms with Crippen LogP contribution < -0.4 is 0 Å². The first-order chi connectivity index (χ1) is 6.20. The summed E-state index contributed by atoms with van der Waals surface area (Å²) >= 11 is 1.76. The third-order valence-corrected chi connectivity index (χ3v) is 3.10. The van der Waals surface area contributed by atoms with E-state index in [0.29, 0.717) is 6.42 Å². The van der Waals surface area contributed by atoms with Crippen molar-refractivity contribution in [2.75, 3.05) is 0 Å². The minimum absolute atomic E-state index is 0.296. The standard InChI is InChI=1S/C10H14O2S/c1-8-6-7-13-9(8)4-2-3-5-10(11)12/h6-7H,2-5H2,1H3,(H,11,12). The highest BCUT2D eigenvalue weighted by Gasteiger charge is 2.00. The van der Waals surface area contributed by atoms with Crippen LogP contribution in [0, 0.1) is 6.92 Å². The fraction of sp³-hybridized carbons (Fsp3) is 0.500. The second-order valence-electron chi connectivity index (χ2n) is 3.13. The van der Waals surface area contributed by atoms with Gasteiger partial charge in [0.2, 0.25) is 0 Å². The van der Waals surface area contributed by atoms with E-state index in [9.17, 15) is 4.79 Å². The monoisotopic (exact) mass is 198 g/mol. The molecule has 0 saturated carbocycles. The number of aliphatic carboxylic acids is 1. The summed E-state index contributed by atoms with van der Waals surface area (Å²) in [4.78, 5) is 11.6. The molecule has 0 radical (unpaired) electrons. The molecule has 72 valence electrons. The van der Waals surface area contributed by atoms with E-state index >= 15 is 0 Å². The van der Waals surface area contributed by atoms with Gasteiger partial charge in [0.25, 0.3) is 0 Å². The number of rotatable bonds is 5. The van der Waals surface area contributed by atoms with Gasteiger partial charge in [0, 0.05) is 11.3 Å². The lowest BCUT2D eigenvalue weighted by molar-refractivity contribution is -0.137. The Morgan fingerprint density at radius 3 is 2.85 bits per heavy atom. The van der Waals surface area contributed by atoms with Crippen molar-refractivity contribution in [3.8, 4) is 0 Å². The van der Waals surface area contributed by atoms with Crippen LogP contribution in [0.4, 0.5) is 0 Å². The van der Waals surface area contributed by atoms with Crippen molar-refractivity contribution in [3.05, 3.63) is 21.9 Å². The van der Waals surface area contributed by atoms with Gasteiger partial charge in [0.15, 0.2) is 0 Å². The van der Waals surface area contributed by atoms with Crippen molar-refractivity contribution in [2.45, 2.75) is 32.6 Å². The predicted octanol–water partition coefficient (Wildman–Crippen LogP) is 2.85. The molecule has 0 aliphatic rings. The van der Waals surface area contributed by atoms with Crippen LogP contribution in [0.5, 0.6) is 0 Å². The maximum absolute atomic E-state index is 10.2. The van der Waals surface area contributed by atoms with E-state index in [-0.39, 0.29) is 0 Å². The van der Waals surface area contributed by atoms with Crippen LogP contribution >= 0.6 is 11.3 Å². The Hall–Kier alpha value is -0.830. The molecule has 1 aromatic heterocycles. The van der Waals surface area contributed by atoms with Crippen molar-refractivity contribution < 1.29 is 9.90 Å². The highest BCUT2D eigenvalue weighted by Crippen LogP contribution is 2.18. The smallest absolute Gasteiger partial charge is 0.303 e. The van der Waals surface area contributed by atoms with Gasteiger partial charge in [-0.25, -0.2) is 0 Å². The van der Waals surface area contributed by atoms with Gasteiger partial charge >= 0.3 is 5.97 Å². The highest BCUT2D eigenvalue weighted by molar-refractivity contribution is 7.10. The van der Waals surface area contributed by atoms with E-state index < -0.39 is 5.97 Å². The first-order valence-corrected chi connectivity index (χ1v) is 5.33. The van der Waals surface area contributed by atoms with Gasteiger partial charge < -0.3 is 5.11 Å². The molecule has 13 heavy (non-hydrogen) atoms. The quantitative estimate of drug-likeness (QED) is 0.739. The Labute approximate surface area is 82.2 Å². The van der Waals surface area contributed by atoms with Gasteiger partial charge in [-0.3, -0.25) is 4.79 Å². The molecule has 0 amide bonds. The van der Waals surface area contributed by atoms with Crippen LogP contribution in [0.2, 0.25) is 0 Å². The van der Waals surface area contributed by atoms with Crippen LogP contribution in [-0.4, -0.2) is 11.1 Å². The predicted molar refractivity (Wildman–Crippen MR) is 54.2 cm³/mol. The molecule has 0 aliphatic heterocycles. The topological polar surface area (TPSA) is 37.3 Å². The molecule has 1 rings (SSSR count). The number of hydrogen-bond donors (Lipinski definition) is 1. The molecule has 0 spiro atoms. The number of hydrogen-bond acceptors (Lipinski definition) is 2. The fourth-order valence-corrected chi connectivity index (χ4v) is 2.17. The molecule has 3 heteroatoms. The molecule has 1 aromatic rings. The zero-order valence-electron chi connectivity index (χ0n) is 7.75. The summed E-state index contributed by atoms with van der Waals surface area (Å²) in [6.07, 6.45) is 3.08. The Morgan fingerprint density at radius 2 is 2.31 bits per heavy atom. The number of aryl methyl sites for hydroxylation is 2. The van der Waals surface area contributed by atoms with Gasteiger partial charge in [-0.15, -0.1) is 11.3 Å². The lowest BCUT2D eigenvalue weighted by Gasteiger charge is -1.98. The average Bonchev–Trinajstić information content (AvgIpc) is 2.45. The molecule has 0 saturated heterocycles. The van der Waals surface area contributed by atoms with E-state index in [0.717, 1.165) is 19.3 Å². The minimum Gasteiger partial charge on any atom is -0.481 e. The first-order valence-electron chi connectivity index (χ1n) is 4.45. The lowest BCUT2D eigenvalue weighted by Crippen LogP contribution is -1.94. The average molecular weight is 198 g/mol. The normalized spacial score (nSPS) is 10.2. The summed E-state index contributed by atoms with van der Waals surface area (Å²) < 4.78 is 0. The fourth-order valence-electron chi connectivity index (χ4n) is 1.22. The number of carbonyl (C=O) groups is 1. The van der Waals surface area contributed by atoms with Gasteiger partial charge in [0.1, 0.15) is 0 Å². The second-order valence-corrected chi connectivity index (χ2v) is 4.13. The van der Waals surface area contributed by atoms with Crippen LogP contribution in [0.15, 0.2) is 11.4 Å². The largest absolute Gasteiger partial charge is 0.481 e. The van der Waals surface area contributed by atoms with Crippen molar-refractivity contribution in [1.82, 2.24) is 0 Å². The van der Waals surface area contributed by atoms with Gasteiger partial charge in [-0.1, -0.05) is 0 Å². The summed E-state index contributed by atoms with van der Waals surface area (Å²) in [6, 6.07) is 2.11.